The number of aromatic nitrogens is 5. The van der Waals surface area contributed by atoms with Crippen molar-refractivity contribution in [2.45, 2.75) is 25.2 Å². The zero-order chi connectivity index (χ0) is 28.7. The summed E-state index contributed by atoms with van der Waals surface area (Å²) >= 11 is 0. The minimum atomic E-state index is -4.88. The molecule has 4 aromatic rings. The van der Waals surface area contributed by atoms with Gasteiger partial charge in [-0.2, -0.15) is 31.4 Å². The first-order valence-electron chi connectivity index (χ1n) is 12.1. The van der Waals surface area contributed by atoms with Crippen LogP contribution in [0.25, 0.3) is 16.7 Å². The van der Waals surface area contributed by atoms with Crippen LogP contribution in [0.2, 0.25) is 0 Å². The molecule has 0 aliphatic carbocycles. The lowest BCUT2D eigenvalue weighted by Crippen LogP contribution is -2.49. The summed E-state index contributed by atoms with van der Waals surface area (Å²) in [7, 11) is 0. The highest BCUT2D eigenvalue weighted by Gasteiger charge is 2.35. The first-order chi connectivity index (χ1) is 18.9. The maximum Gasteiger partial charge on any atom is 0.421 e. The fourth-order valence-corrected chi connectivity index (χ4v) is 4.57. The Bertz CT molecular complexity index is 1590. The first-order valence-corrected chi connectivity index (χ1v) is 12.1. The standard InChI is InChI=1S/C25H21F6N7O2/c26-24(27,28)16-13-32-23(33-14-16)37-9-7-36(8-10-37)21(39)6-5-17-11-15-3-1-2-4-19(15)38(17)20-12-18(25(29,30)31)22(40)35-34-20/h1-4,11-14H,5-10H2,(H,35,40). The molecule has 3 aromatic heterocycles. The van der Waals surface area contributed by atoms with E-state index in [0.717, 1.165) is 5.39 Å². The fourth-order valence-electron chi connectivity index (χ4n) is 4.57. The number of aryl methyl sites for hydroxylation is 1. The molecule has 4 heterocycles. The van der Waals surface area contributed by atoms with Gasteiger partial charge in [0, 0.05) is 62.1 Å². The van der Waals surface area contributed by atoms with Crippen molar-refractivity contribution in [3.05, 3.63) is 76.0 Å². The quantitative estimate of drug-likeness (QED) is 0.370. The number of halogens is 6. The lowest BCUT2D eigenvalue weighted by atomic mass is 10.2. The Morgan fingerprint density at radius 2 is 1.60 bits per heavy atom. The molecule has 1 saturated heterocycles. The highest BCUT2D eigenvalue weighted by atomic mass is 19.4. The summed E-state index contributed by atoms with van der Waals surface area (Å²) in [5, 5.41) is 6.46. The number of piperazine rings is 1. The predicted octanol–water partition coefficient (Wildman–Crippen LogP) is 3.82. The van der Waals surface area contributed by atoms with Crippen LogP contribution in [0.5, 0.6) is 0 Å². The van der Waals surface area contributed by atoms with Gasteiger partial charge in [0.1, 0.15) is 5.56 Å². The van der Waals surface area contributed by atoms with Gasteiger partial charge in [0.25, 0.3) is 5.56 Å². The third-order valence-electron chi connectivity index (χ3n) is 6.59. The minimum Gasteiger partial charge on any atom is -0.339 e. The van der Waals surface area contributed by atoms with Crippen LogP contribution < -0.4 is 10.5 Å². The molecule has 9 nitrogen and oxygen atoms in total. The monoisotopic (exact) mass is 565 g/mol. The number of carbonyl (C=O) groups excluding carboxylic acids is 1. The number of anilines is 1. The number of hydrogen-bond acceptors (Lipinski definition) is 6. The van der Waals surface area contributed by atoms with E-state index in [1.54, 1.807) is 40.1 Å². The van der Waals surface area contributed by atoms with Gasteiger partial charge in [-0.3, -0.25) is 14.2 Å². The second-order valence-electron chi connectivity index (χ2n) is 9.13. The summed E-state index contributed by atoms with van der Waals surface area (Å²) in [6.07, 6.45) is -7.76. The van der Waals surface area contributed by atoms with E-state index >= 15 is 0 Å². The van der Waals surface area contributed by atoms with Crippen LogP contribution in [0.1, 0.15) is 23.2 Å². The van der Waals surface area contributed by atoms with Gasteiger partial charge in [-0.1, -0.05) is 18.2 Å². The zero-order valence-corrected chi connectivity index (χ0v) is 20.6. The minimum absolute atomic E-state index is 0.0442. The van der Waals surface area contributed by atoms with Crippen molar-refractivity contribution in [2.24, 2.45) is 0 Å². The van der Waals surface area contributed by atoms with Gasteiger partial charge in [-0.05, 0) is 18.6 Å². The molecule has 1 aliphatic rings. The number of nitrogens with one attached hydrogen (secondary N) is 1. The van der Waals surface area contributed by atoms with E-state index in [0.29, 0.717) is 55.8 Å². The fraction of sp³-hybridized carbons (Fsp3) is 0.320. The SMILES string of the molecule is O=C(CCc1cc2ccccc2n1-c1cc(C(F)(F)F)c(=O)[nH]n1)N1CCN(c2ncc(C(F)(F)F)cn2)CC1. The number of hydrogen-bond donors (Lipinski definition) is 1. The van der Waals surface area contributed by atoms with Crippen molar-refractivity contribution >= 4 is 22.8 Å². The van der Waals surface area contributed by atoms with E-state index in [4.69, 9.17) is 0 Å². The Morgan fingerprint density at radius 1 is 0.925 bits per heavy atom. The zero-order valence-electron chi connectivity index (χ0n) is 20.6. The van der Waals surface area contributed by atoms with E-state index < -0.39 is 29.0 Å². The number of H-pyrrole nitrogens is 1. The van der Waals surface area contributed by atoms with Crippen LogP contribution in [-0.4, -0.2) is 61.7 Å². The van der Waals surface area contributed by atoms with Crippen LogP contribution in [0, 0.1) is 0 Å². The molecule has 1 fully saturated rings. The number of nitrogens with zero attached hydrogens (tertiary/aromatic N) is 6. The van der Waals surface area contributed by atoms with Crippen LogP contribution in [0.3, 0.4) is 0 Å². The molecule has 1 aromatic carbocycles. The lowest BCUT2D eigenvalue weighted by molar-refractivity contribution is -0.139. The van der Waals surface area contributed by atoms with Gasteiger partial charge in [0.2, 0.25) is 11.9 Å². The molecule has 1 N–H and O–H groups in total. The second kappa shape index (κ2) is 10.3. The van der Waals surface area contributed by atoms with E-state index in [2.05, 4.69) is 15.1 Å². The number of alkyl halides is 6. The molecule has 0 bridgehead atoms. The maximum atomic E-state index is 13.4. The van der Waals surface area contributed by atoms with Crippen LogP contribution in [-0.2, 0) is 23.6 Å². The van der Waals surface area contributed by atoms with E-state index in [-0.39, 0.29) is 30.5 Å². The van der Waals surface area contributed by atoms with Gasteiger partial charge in [-0.25, -0.2) is 15.1 Å². The Kier molecular flexibility index (Phi) is 6.98. The first kappa shape index (κ1) is 27.1. The molecular weight excluding hydrogens is 544 g/mol. The average Bonchev–Trinajstić information content (AvgIpc) is 3.29. The molecule has 0 saturated carbocycles. The van der Waals surface area contributed by atoms with Crippen molar-refractivity contribution in [3.8, 4) is 5.82 Å². The molecular formula is C25H21F6N7O2. The lowest BCUT2D eigenvalue weighted by Gasteiger charge is -2.34. The van der Waals surface area contributed by atoms with Gasteiger partial charge in [0.15, 0.2) is 5.82 Å². The third-order valence-corrected chi connectivity index (χ3v) is 6.59. The Labute approximate surface area is 222 Å². The molecule has 0 spiro atoms. The topological polar surface area (TPSA) is 100 Å². The van der Waals surface area contributed by atoms with Crippen LogP contribution >= 0.6 is 0 Å². The predicted molar refractivity (Wildman–Crippen MR) is 131 cm³/mol. The molecule has 0 atom stereocenters. The van der Waals surface area contributed by atoms with Crippen molar-refractivity contribution in [1.82, 2.24) is 29.6 Å². The molecule has 0 unspecified atom stereocenters. The summed E-state index contributed by atoms with van der Waals surface area (Å²) in [6.45, 7) is 1.23. The van der Waals surface area contributed by atoms with Crippen molar-refractivity contribution in [1.29, 1.82) is 0 Å². The number of carbonyl (C=O) groups is 1. The summed E-state index contributed by atoms with van der Waals surface area (Å²) < 4.78 is 79.9. The smallest absolute Gasteiger partial charge is 0.339 e. The summed E-state index contributed by atoms with van der Waals surface area (Å²) in [5.41, 5.74) is -2.60. The van der Waals surface area contributed by atoms with Crippen molar-refractivity contribution < 1.29 is 31.1 Å². The molecule has 15 heteroatoms. The molecule has 0 radical (unpaired) electrons. The normalized spacial score (nSPS) is 14.7. The van der Waals surface area contributed by atoms with Crippen LogP contribution in [0.15, 0.2) is 53.6 Å². The van der Waals surface area contributed by atoms with E-state index in [9.17, 15) is 35.9 Å². The van der Waals surface area contributed by atoms with Gasteiger partial charge >= 0.3 is 12.4 Å². The second-order valence-corrected chi connectivity index (χ2v) is 9.13. The molecule has 1 amide bonds. The van der Waals surface area contributed by atoms with E-state index in [1.807, 2.05) is 5.10 Å². The number of rotatable bonds is 5. The van der Waals surface area contributed by atoms with Crippen molar-refractivity contribution in [2.75, 3.05) is 31.1 Å². The Hall–Kier alpha value is -4.43. The highest BCUT2D eigenvalue weighted by Crippen LogP contribution is 2.30. The molecule has 1 aliphatic heterocycles. The highest BCUT2D eigenvalue weighted by molar-refractivity contribution is 5.83. The van der Waals surface area contributed by atoms with Crippen molar-refractivity contribution in [3.63, 3.8) is 0 Å². The number of benzene rings is 1. The average molecular weight is 565 g/mol. The Balaban J connectivity index is 1.29. The number of fused-ring (bicyclic) bond motifs is 1. The number of aromatic amines is 1. The summed E-state index contributed by atoms with van der Waals surface area (Å²) in [6, 6.07) is 9.38. The molecule has 40 heavy (non-hydrogen) atoms. The molecule has 5 rings (SSSR count). The van der Waals surface area contributed by atoms with Gasteiger partial charge < -0.3 is 9.80 Å². The number of para-hydroxylation sites is 1. The Morgan fingerprint density at radius 3 is 2.25 bits per heavy atom. The van der Waals surface area contributed by atoms with Crippen LogP contribution in [0.4, 0.5) is 32.3 Å². The largest absolute Gasteiger partial charge is 0.421 e. The number of amides is 1. The van der Waals surface area contributed by atoms with Gasteiger partial charge in [0.05, 0.1) is 11.1 Å². The van der Waals surface area contributed by atoms with E-state index in [1.165, 1.54) is 4.57 Å². The maximum absolute atomic E-state index is 13.4. The van der Waals surface area contributed by atoms with Gasteiger partial charge in [-0.15, -0.1) is 0 Å². The summed E-state index contributed by atoms with van der Waals surface area (Å²) in [4.78, 5) is 35.6. The molecule has 210 valence electrons. The summed E-state index contributed by atoms with van der Waals surface area (Å²) in [5.74, 6) is -0.202. The third kappa shape index (κ3) is 5.49.